The molecule has 3 rings (SSSR count). The van der Waals surface area contributed by atoms with Crippen molar-refractivity contribution in [2.75, 3.05) is 0 Å². The summed E-state index contributed by atoms with van der Waals surface area (Å²) in [4.78, 5) is 26.8. The molecule has 1 amide bonds. The average Bonchev–Trinajstić information content (AvgIpc) is 3.00. The van der Waals surface area contributed by atoms with Crippen LogP contribution in [-0.4, -0.2) is 42.4 Å². The fraction of sp³-hybridized carbons (Fsp3) is 0.462. The van der Waals surface area contributed by atoms with Crippen LogP contribution in [0.2, 0.25) is 0 Å². The Morgan fingerprint density at radius 2 is 2.18 bits per heavy atom. The third-order valence-corrected chi connectivity index (χ3v) is 3.45. The molecule has 4 N–H and O–H groups in total. The molecule has 0 radical (unpaired) electrons. The van der Waals surface area contributed by atoms with Gasteiger partial charge >= 0.3 is 5.97 Å². The molecule has 1 saturated carbocycles. The van der Waals surface area contributed by atoms with Gasteiger partial charge < -0.3 is 10.4 Å². The number of amides is 1. The molecular weight excluding hydrogens is 288 g/mol. The second kappa shape index (κ2) is 5.58. The Kier molecular flexibility index (Phi) is 3.61. The Labute approximate surface area is 125 Å². The number of rotatable bonds is 6. The van der Waals surface area contributed by atoms with Crippen molar-refractivity contribution in [2.45, 2.75) is 38.1 Å². The lowest BCUT2D eigenvalue weighted by atomic mass is 10.2. The minimum atomic E-state index is -0.997. The van der Waals surface area contributed by atoms with Crippen molar-refractivity contribution in [3.63, 3.8) is 0 Å². The van der Waals surface area contributed by atoms with E-state index in [-0.39, 0.29) is 18.2 Å². The Bertz CT molecular complexity index is 702. The van der Waals surface area contributed by atoms with Crippen LogP contribution >= 0.6 is 0 Å². The standard InChI is InChI=1S/C13H16N6O3/c1-6(12-15-10(18-19-12)5-11(20)21)14-13(22)9-4-8(16-17-9)7-2-3-7/h4,6-7H,2-3,5H2,1H3,(H,14,22)(H,16,17)(H,20,21)(H,15,18,19)/t6-/m1/s1. The largest absolute Gasteiger partial charge is 0.481 e. The molecule has 1 aliphatic rings. The lowest BCUT2D eigenvalue weighted by Gasteiger charge is -2.08. The van der Waals surface area contributed by atoms with Gasteiger partial charge in [-0.15, -0.1) is 0 Å². The van der Waals surface area contributed by atoms with E-state index < -0.39 is 12.0 Å². The maximum absolute atomic E-state index is 12.1. The monoisotopic (exact) mass is 304 g/mol. The number of nitrogens with one attached hydrogen (secondary N) is 3. The van der Waals surface area contributed by atoms with Crippen LogP contribution in [0.25, 0.3) is 0 Å². The van der Waals surface area contributed by atoms with Gasteiger partial charge in [0.15, 0.2) is 5.82 Å². The average molecular weight is 304 g/mol. The highest BCUT2D eigenvalue weighted by Gasteiger charge is 2.27. The first-order chi connectivity index (χ1) is 10.5. The summed E-state index contributed by atoms with van der Waals surface area (Å²) in [5.74, 6) is -0.233. The fourth-order valence-electron chi connectivity index (χ4n) is 2.12. The summed E-state index contributed by atoms with van der Waals surface area (Å²) in [5, 5.41) is 24.8. The number of carboxylic acid groups (broad SMARTS) is 1. The lowest BCUT2D eigenvalue weighted by Crippen LogP contribution is -2.27. The van der Waals surface area contributed by atoms with Gasteiger partial charge in [0.2, 0.25) is 0 Å². The van der Waals surface area contributed by atoms with Crippen molar-refractivity contribution in [3.8, 4) is 0 Å². The Morgan fingerprint density at radius 1 is 1.41 bits per heavy atom. The van der Waals surface area contributed by atoms with Crippen LogP contribution in [-0.2, 0) is 11.2 Å². The summed E-state index contributed by atoms with van der Waals surface area (Å²) in [6.07, 6.45) is 2.02. The quantitative estimate of drug-likeness (QED) is 0.614. The van der Waals surface area contributed by atoms with Crippen molar-refractivity contribution in [1.29, 1.82) is 0 Å². The van der Waals surface area contributed by atoms with E-state index in [4.69, 9.17) is 5.11 Å². The van der Waals surface area contributed by atoms with Gasteiger partial charge in [-0.05, 0) is 25.8 Å². The van der Waals surface area contributed by atoms with Crippen molar-refractivity contribution < 1.29 is 14.7 Å². The SMILES string of the molecule is C[C@@H](NC(=O)c1cc(C2CC2)[nH]n1)c1n[nH]c(CC(=O)O)n1. The van der Waals surface area contributed by atoms with E-state index in [2.05, 4.69) is 30.7 Å². The number of aromatic nitrogens is 5. The Morgan fingerprint density at radius 3 is 2.86 bits per heavy atom. The van der Waals surface area contributed by atoms with E-state index in [1.54, 1.807) is 13.0 Å². The minimum Gasteiger partial charge on any atom is -0.481 e. The van der Waals surface area contributed by atoms with Crippen LogP contribution in [0.3, 0.4) is 0 Å². The number of nitrogens with zero attached hydrogens (tertiary/aromatic N) is 3. The molecule has 1 fully saturated rings. The summed E-state index contributed by atoms with van der Waals surface area (Å²) in [6.45, 7) is 1.72. The van der Waals surface area contributed by atoms with Crippen LogP contribution < -0.4 is 5.32 Å². The molecule has 0 spiro atoms. The summed E-state index contributed by atoms with van der Waals surface area (Å²) in [6, 6.07) is 1.31. The molecule has 1 aliphatic carbocycles. The normalized spacial score (nSPS) is 15.5. The molecule has 116 valence electrons. The predicted octanol–water partition coefficient (Wildman–Crippen LogP) is 0.523. The zero-order valence-electron chi connectivity index (χ0n) is 12.0. The van der Waals surface area contributed by atoms with Crippen molar-refractivity contribution in [3.05, 3.63) is 29.1 Å². The van der Waals surface area contributed by atoms with Gasteiger partial charge in [0.05, 0.1) is 6.04 Å². The highest BCUT2D eigenvalue weighted by molar-refractivity contribution is 5.92. The van der Waals surface area contributed by atoms with E-state index in [1.807, 2.05) is 0 Å². The van der Waals surface area contributed by atoms with E-state index in [9.17, 15) is 9.59 Å². The summed E-state index contributed by atoms with van der Waals surface area (Å²) in [7, 11) is 0. The topological polar surface area (TPSA) is 137 Å². The molecular formula is C13H16N6O3. The lowest BCUT2D eigenvalue weighted by molar-refractivity contribution is -0.136. The molecule has 0 unspecified atom stereocenters. The molecule has 1 atom stereocenters. The predicted molar refractivity (Wildman–Crippen MR) is 74.2 cm³/mol. The van der Waals surface area contributed by atoms with Crippen molar-refractivity contribution in [1.82, 2.24) is 30.7 Å². The molecule has 2 aromatic rings. The van der Waals surface area contributed by atoms with Crippen LogP contribution in [0, 0.1) is 0 Å². The van der Waals surface area contributed by atoms with E-state index in [0.717, 1.165) is 18.5 Å². The van der Waals surface area contributed by atoms with Gasteiger partial charge in [-0.2, -0.15) is 10.2 Å². The molecule has 0 bridgehead atoms. The van der Waals surface area contributed by atoms with Crippen LogP contribution in [0.5, 0.6) is 0 Å². The number of carbonyl (C=O) groups excluding carboxylic acids is 1. The smallest absolute Gasteiger partial charge is 0.311 e. The first-order valence-corrected chi connectivity index (χ1v) is 7.02. The third kappa shape index (κ3) is 3.13. The highest BCUT2D eigenvalue weighted by Crippen LogP contribution is 2.38. The number of carbonyl (C=O) groups is 2. The van der Waals surface area contributed by atoms with Gasteiger partial charge in [0.1, 0.15) is 17.9 Å². The van der Waals surface area contributed by atoms with Crippen molar-refractivity contribution in [2.24, 2.45) is 0 Å². The van der Waals surface area contributed by atoms with Crippen LogP contribution in [0.4, 0.5) is 0 Å². The minimum absolute atomic E-state index is 0.238. The van der Waals surface area contributed by atoms with Gasteiger partial charge in [-0.1, -0.05) is 0 Å². The third-order valence-electron chi connectivity index (χ3n) is 3.45. The summed E-state index contributed by atoms with van der Waals surface area (Å²) >= 11 is 0. The van der Waals surface area contributed by atoms with E-state index in [0.29, 0.717) is 17.4 Å². The molecule has 0 aromatic carbocycles. The first-order valence-electron chi connectivity index (χ1n) is 7.02. The van der Waals surface area contributed by atoms with Crippen LogP contribution in [0.1, 0.15) is 59.6 Å². The fourth-order valence-corrected chi connectivity index (χ4v) is 2.12. The Hall–Kier alpha value is -2.71. The number of aromatic amines is 2. The second-order valence-corrected chi connectivity index (χ2v) is 5.39. The highest BCUT2D eigenvalue weighted by atomic mass is 16.4. The second-order valence-electron chi connectivity index (χ2n) is 5.39. The maximum Gasteiger partial charge on any atom is 0.311 e. The number of aliphatic carboxylic acids is 1. The van der Waals surface area contributed by atoms with Gasteiger partial charge in [-0.25, -0.2) is 4.98 Å². The van der Waals surface area contributed by atoms with Crippen LogP contribution in [0.15, 0.2) is 6.07 Å². The number of hydrogen-bond donors (Lipinski definition) is 4. The molecule has 2 aromatic heterocycles. The van der Waals surface area contributed by atoms with Crippen molar-refractivity contribution >= 4 is 11.9 Å². The summed E-state index contributed by atoms with van der Waals surface area (Å²) in [5.41, 5.74) is 1.31. The first kappa shape index (κ1) is 14.2. The maximum atomic E-state index is 12.1. The summed E-state index contributed by atoms with van der Waals surface area (Å²) < 4.78 is 0. The Balaban J connectivity index is 1.62. The molecule has 9 heteroatoms. The zero-order valence-corrected chi connectivity index (χ0v) is 12.0. The van der Waals surface area contributed by atoms with Gasteiger partial charge in [0.25, 0.3) is 5.91 Å². The molecule has 2 heterocycles. The molecule has 9 nitrogen and oxygen atoms in total. The van der Waals surface area contributed by atoms with E-state index >= 15 is 0 Å². The number of H-pyrrole nitrogens is 2. The van der Waals surface area contributed by atoms with Gasteiger partial charge in [-0.3, -0.25) is 19.8 Å². The molecule has 0 aliphatic heterocycles. The molecule has 0 saturated heterocycles. The zero-order chi connectivity index (χ0) is 15.7. The van der Waals surface area contributed by atoms with Gasteiger partial charge in [0, 0.05) is 11.6 Å². The molecule has 22 heavy (non-hydrogen) atoms. The van der Waals surface area contributed by atoms with E-state index in [1.165, 1.54) is 0 Å². The number of carboxylic acids is 1. The number of hydrogen-bond acceptors (Lipinski definition) is 5.